The number of fused-ring (bicyclic) bond motifs is 1. The summed E-state index contributed by atoms with van der Waals surface area (Å²) in [5, 5.41) is 16.5. The van der Waals surface area contributed by atoms with Gasteiger partial charge in [0.25, 0.3) is 5.91 Å². The Morgan fingerprint density at radius 3 is 2.71 bits per heavy atom. The van der Waals surface area contributed by atoms with E-state index < -0.39 is 12.1 Å². The van der Waals surface area contributed by atoms with Gasteiger partial charge in [0.2, 0.25) is 11.9 Å². The minimum atomic E-state index is -0.785. The molecule has 198 valence electrons. The first-order chi connectivity index (χ1) is 18.4. The van der Waals surface area contributed by atoms with E-state index in [-0.39, 0.29) is 24.4 Å². The van der Waals surface area contributed by atoms with Crippen LogP contribution in [0.5, 0.6) is 0 Å². The number of ether oxygens (including phenoxy) is 1. The molecule has 5 rings (SSSR count). The number of carbonyl (C=O) groups excluding carboxylic acids is 2. The van der Waals surface area contributed by atoms with E-state index in [1.807, 2.05) is 48.5 Å². The van der Waals surface area contributed by atoms with E-state index >= 15 is 0 Å². The fraction of sp³-hybridized carbons (Fsp3) is 0.357. The van der Waals surface area contributed by atoms with Crippen molar-refractivity contribution in [2.45, 2.75) is 44.5 Å². The second kappa shape index (κ2) is 11.6. The summed E-state index contributed by atoms with van der Waals surface area (Å²) < 4.78 is 6.15. The molecule has 2 amide bonds. The first-order valence-electron chi connectivity index (χ1n) is 12.7. The summed E-state index contributed by atoms with van der Waals surface area (Å²) in [7, 11) is 0. The molecule has 1 fully saturated rings. The zero-order chi connectivity index (χ0) is 26.6. The predicted octanol–water partition coefficient (Wildman–Crippen LogP) is 3.69. The molecule has 2 aromatic carbocycles. The van der Waals surface area contributed by atoms with Crippen LogP contribution < -0.4 is 10.6 Å². The van der Waals surface area contributed by atoms with Crippen molar-refractivity contribution in [1.82, 2.24) is 20.2 Å². The van der Waals surface area contributed by atoms with Gasteiger partial charge in [-0.25, -0.2) is 9.97 Å². The van der Waals surface area contributed by atoms with Crippen LogP contribution in [0.25, 0.3) is 11.3 Å². The standard InChI is InChI=1S/C28H30BrN5O4/c1-17(35)25(18-5-3-2-4-6-18)32-24(36)16-34-15-20-8-7-19(13-22(20)27(34)37)26-23(29)14-30-28(33-26)31-21-9-11-38-12-10-21/h2-8,13-14,17,21,25,35H,9-12,15-16H2,1H3,(H,32,36)(H,30,31,33)/t17-,25+/m0/s1. The molecule has 0 radical (unpaired) electrons. The number of anilines is 1. The first kappa shape index (κ1) is 26.3. The van der Waals surface area contributed by atoms with Gasteiger partial charge >= 0.3 is 0 Å². The number of amides is 2. The van der Waals surface area contributed by atoms with E-state index in [0.717, 1.165) is 34.0 Å². The second-order valence-corrected chi connectivity index (χ2v) is 10.5. The summed E-state index contributed by atoms with van der Waals surface area (Å²) in [6, 6.07) is 14.7. The topological polar surface area (TPSA) is 117 Å². The van der Waals surface area contributed by atoms with Crippen molar-refractivity contribution in [3.63, 3.8) is 0 Å². The van der Waals surface area contributed by atoms with E-state index in [2.05, 4.69) is 31.5 Å². The summed E-state index contributed by atoms with van der Waals surface area (Å²) in [5.74, 6) is -0.00847. The molecule has 9 nitrogen and oxygen atoms in total. The minimum Gasteiger partial charge on any atom is -0.391 e. The number of hydrogen-bond donors (Lipinski definition) is 3. The van der Waals surface area contributed by atoms with E-state index in [0.29, 0.717) is 37.0 Å². The molecule has 2 atom stereocenters. The Bertz CT molecular complexity index is 1310. The fourth-order valence-corrected chi connectivity index (χ4v) is 5.26. The lowest BCUT2D eigenvalue weighted by Crippen LogP contribution is -2.41. The van der Waals surface area contributed by atoms with Crippen LogP contribution in [0.15, 0.2) is 59.2 Å². The number of halogens is 1. The molecule has 0 bridgehead atoms. The van der Waals surface area contributed by atoms with Crippen LogP contribution in [0.1, 0.15) is 47.3 Å². The molecule has 38 heavy (non-hydrogen) atoms. The number of aliphatic hydroxyl groups excluding tert-OH is 1. The van der Waals surface area contributed by atoms with Crippen molar-refractivity contribution >= 4 is 33.7 Å². The lowest BCUT2D eigenvalue weighted by Gasteiger charge is -2.23. The Labute approximate surface area is 229 Å². The highest BCUT2D eigenvalue weighted by Crippen LogP contribution is 2.32. The van der Waals surface area contributed by atoms with Crippen molar-refractivity contribution in [1.29, 1.82) is 0 Å². The maximum Gasteiger partial charge on any atom is 0.254 e. The molecule has 0 unspecified atom stereocenters. The Morgan fingerprint density at radius 1 is 1.21 bits per heavy atom. The molecule has 1 aromatic heterocycles. The highest BCUT2D eigenvalue weighted by molar-refractivity contribution is 9.10. The van der Waals surface area contributed by atoms with E-state index in [1.54, 1.807) is 13.1 Å². The van der Waals surface area contributed by atoms with Crippen LogP contribution in [-0.2, 0) is 16.1 Å². The Morgan fingerprint density at radius 2 is 1.97 bits per heavy atom. The third kappa shape index (κ3) is 5.87. The molecule has 1 saturated heterocycles. The van der Waals surface area contributed by atoms with Gasteiger partial charge in [-0.15, -0.1) is 0 Å². The van der Waals surface area contributed by atoms with Crippen LogP contribution in [-0.4, -0.2) is 63.7 Å². The summed E-state index contributed by atoms with van der Waals surface area (Å²) >= 11 is 3.54. The highest BCUT2D eigenvalue weighted by Gasteiger charge is 2.30. The number of benzene rings is 2. The Hall–Kier alpha value is -3.34. The zero-order valence-corrected chi connectivity index (χ0v) is 22.6. The number of aliphatic hydroxyl groups is 1. The lowest BCUT2D eigenvalue weighted by atomic mass is 10.0. The zero-order valence-electron chi connectivity index (χ0n) is 21.1. The van der Waals surface area contributed by atoms with Gasteiger partial charge in [-0.2, -0.15) is 0 Å². The van der Waals surface area contributed by atoms with Crippen molar-refractivity contribution in [3.05, 3.63) is 75.9 Å². The van der Waals surface area contributed by atoms with Gasteiger partial charge in [0.1, 0.15) is 6.54 Å². The molecule has 2 aliphatic rings. The van der Waals surface area contributed by atoms with Gasteiger partial charge in [0.05, 0.1) is 22.3 Å². The average Bonchev–Trinajstić information content (AvgIpc) is 3.23. The van der Waals surface area contributed by atoms with Crippen molar-refractivity contribution in [2.24, 2.45) is 0 Å². The van der Waals surface area contributed by atoms with Crippen LogP contribution in [0.2, 0.25) is 0 Å². The van der Waals surface area contributed by atoms with Crippen LogP contribution >= 0.6 is 15.9 Å². The number of hydrogen-bond acceptors (Lipinski definition) is 7. The molecule has 3 aromatic rings. The number of carbonyl (C=O) groups is 2. The summed E-state index contributed by atoms with van der Waals surface area (Å²) in [4.78, 5) is 36.7. The largest absolute Gasteiger partial charge is 0.391 e. The summed E-state index contributed by atoms with van der Waals surface area (Å²) in [5.41, 5.74) is 3.68. The third-order valence-electron chi connectivity index (χ3n) is 6.85. The second-order valence-electron chi connectivity index (χ2n) is 9.65. The molecule has 0 saturated carbocycles. The summed E-state index contributed by atoms with van der Waals surface area (Å²) in [6.07, 6.45) is 2.72. The third-order valence-corrected chi connectivity index (χ3v) is 7.43. The molecule has 10 heteroatoms. The Kier molecular flexibility index (Phi) is 8.01. The van der Waals surface area contributed by atoms with Gasteiger partial charge in [0.15, 0.2) is 0 Å². The highest BCUT2D eigenvalue weighted by atomic mass is 79.9. The Balaban J connectivity index is 1.28. The SMILES string of the molecule is C[C@H](O)[C@@H](NC(=O)CN1Cc2ccc(-c3nc(NC4CCOCC4)ncc3Br)cc2C1=O)c1ccccc1. The maximum atomic E-state index is 13.2. The number of rotatable bonds is 8. The quantitative estimate of drug-likeness (QED) is 0.372. The van der Waals surface area contributed by atoms with Crippen molar-refractivity contribution in [2.75, 3.05) is 25.1 Å². The van der Waals surface area contributed by atoms with E-state index in [1.165, 1.54) is 4.90 Å². The van der Waals surface area contributed by atoms with Crippen molar-refractivity contribution in [3.8, 4) is 11.3 Å². The predicted molar refractivity (Wildman–Crippen MR) is 146 cm³/mol. The van der Waals surface area contributed by atoms with Gasteiger partial charge in [-0.05, 0) is 52.9 Å². The first-order valence-corrected chi connectivity index (χ1v) is 13.5. The van der Waals surface area contributed by atoms with Gasteiger partial charge in [0, 0.05) is 43.1 Å². The monoisotopic (exact) mass is 579 g/mol. The minimum absolute atomic E-state index is 0.102. The average molecular weight is 580 g/mol. The van der Waals surface area contributed by atoms with Crippen molar-refractivity contribution < 1.29 is 19.4 Å². The van der Waals surface area contributed by atoms with Gasteiger partial charge in [-0.1, -0.05) is 42.5 Å². The number of aromatic nitrogens is 2. The molecule has 3 heterocycles. The molecular weight excluding hydrogens is 550 g/mol. The van der Waals surface area contributed by atoms with Crippen LogP contribution in [0.3, 0.4) is 0 Å². The fourth-order valence-electron chi connectivity index (χ4n) is 4.84. The molecule has 3 N–H and O–H groups in total. The molecule has 2 aliphatic heterocycles. The molecular formula is C28H30BrN5O4. The normalized spacial score (nSPS) is 17.1. The lowest BCUT2D eigenvalue weighted by molar-refractivity contribution is -0.123. The van der Waals surface area contributed by atoms with E-state index in [4.69, 9.17) is 9.72 Å². The number of nitrogens with one attached hydrogen (secondary N) is 2. The van der Waals surface area contributed by atoms with Crippen LogP contribution in [0, 0.1) is 0 Å². The molecule has 0 spiro atoms. The van der Waals surface area contributed by atoms with E-state index in [9.17, 15) is 14.7 Å². The summed E-state index contributed by atoms with van der Waals surface area (Å²) in [6.45, 7) is 3.30. The van der Waals surface area contributed by atoms with Gasteiger partial charge in [-0.3, -0.25) is 9.59 Å². The van der Waals surface area contributed by atoms with Crippen LogP contribution in [0.4, 0.5) is 5.95 Å². The smallest absolute Gasteiger partial charge is 0.254 e. The molecule has 0 aliphatic carbocycles. The number of nitrogens with zero attached hydrogens (tertiary/aromatic N) is 3. The maximum absolute atomic E-state index is 13.2. The van der Waals surface area contributed by atoms with Gasteiger partial charge < -0.3 is 25.4 Å².